The first-order chi connectivity index (χ1) is 18.9. The molecule has 10 nitrogen and oxygen atoms in total. The summed E-state index contributed by atoms with van der Waals surface area (Å²) < 4.78 is 87.9. The highest BCUT2D eigenvalue weighted by atomic mass is 32.2. The average Bonchev–Trinajstić information content (AvgIpc) is 2.93. The summed E-state index contributed by atoms with van der Waals surface area (Å²) in [4.78, 5) is 17.6. The van der Waals surface area contributed by atoms with Crippen LogP contribution in [0.1, 0.15) is 5.56 Å². The molecule has 2 amide bonds. The molecule has 2 aromatic carbocycles. The van der Waals surface area contributed by atoms with Gasteiger partial charge in [-0.05, 0) is 48.0 Å². The molecular formula is C25H20F4N6O4S. The lowest BCUT2D eigenvalue weighted by atomic mass is 10.0. The van der Waals surface area contributed by atoms with E-state index in [2.05, 4.69) is 25.2 Å². The van der Waals surface area contributed by atoms with Gasteiger partial charge in [-0.15, -0.1) is 5.10 Å². The second-order valence-electron chi connectivity index (χ2n) is 8.04. The summed E-state index contributed by atoms with van der Waals surface area (Å²) in [7, 11) is -1.58. The number of pyridine rings is 1. The van der Waals surface area contributed by atoms with Gasteiger partial charge in [0.2, 0.25) is 0 Å². The molecular weight excluding hydrogens is 556 g/mol. The quantitative estimate of drug-likeness (QED) is 0.297. The zero-order valence-electron chi connectivity index (χ0n) is 20.8. The average molecular weight is 577 g/mol. The number of carbonyl (C=O) groups is 1. The fourth-order valence-electron chi connectivity index (χ4n) is 3.63. The van der Waals surface area contributed by atoms with Gasteiger partial charge in [0.05, 0.1) is 18.4 Å². The second-order valence-corrected chi connectivity index (χ2v) is 9.72. The Morgan fingerprint density at radius 1 is 1.05 bits per heavy atom. The van der Waals surface area contributed by atoms with Crippen molar-refractivity contribution in [2.75, 3.05) is 23.8 Å². The zero-order chi connectivity index (χ0) is 29.1. The van der Waals surface area contributed by atoms with E-state index in [4.69, 9.17) is 4.74 Å². The number of ether oxygens (including phenoxy) is 1. The van der Waals surface area contributed by atoms with Crippen LogP contribution in [0.25, 0.3) is 11.1 Å². The number of methoxy groups -OCH3 is 1. The first kappa shape index (κ1) is 28.2. The number of hydrogen-bond acceptors (Lipinski definition) is 7. The van der Waals surface area contributed by atoms with Gasteiger partial charge in [0.15, 0.2) is 5.82 Å². The number of nitrogens with zero attached hydrogens (tertiary/aromatic N) is 4. The number of carbonyl (C=O) groups excluding carboxylic acids is 1. The highest BCUT2D eigenvalue weighted by Gasteiger charge is 2.31. The Hall–Kier alpha value is -4.79. The van der Waals surface area contributed by atoms with Crippen molar-refractivity contribution in [1.29, 1.82) is 0 Å². The Labute approximate surface area is 225 Å². The van der Waals surface area contributed by atoms with Crippen LogP contribution in [-0.2, 0) is 16.2 Å². The van der Waals surface area contributed by atoms with Crippen molar-refractivity contribution in [3.05, 3.63) is 84.4 Å². The number of halogens is 4. The summed E-state index contributed by atoms with van der Waals surface area (Å²) in [6.07, 6.45) is -2.30. The number of alkyl halides is 3. The molecule has 40 heavy (non-hydrogen) atoms. The molecule has 0 fully saturated rings. The van der Waals surface area contributed by atoms with Crippen LogP contribution in [0.4, 0.5) is 39.7 Å². The lowest BCUT2D eigenvalue weighted by Crippen LogP contribution is -2.35. The highest BCUT2D eigenvalue weighted by molar-refractivity contribution is 7.92. The molecule has 0 spiro atoms. The molecule has 0 unspecified atom stereocenters. The second kappa shape index (κ2) is 11.1. The predicted molar refractivity (Wildman–Crippen MR) is 137 cm³/mol. The third kappa shape index (κ3) is 5.93. The Morgan fingerprint density at radius 2 is 1.82 bits per heavy atom. The molecule has 208 valence electrons. The number of aromatic nitrogens is 3. The van der Waals surface area contributed by atoms with Crippen LogP contribution >= 0.6 is 0 Å². The molecule has 0 bridgehead atoms. The number of hydrogen-bond donors (Lipinski definition) is 2. The molecule has 0 atom stereocenters. The van der Waals surface area contributed by atoms with Gasteiger partial charge in [-0.2, -0.15) is 18.3 Å². The first-order valence-electron chi connectivity index (χ1n) is 11.3. The van der Waals surface area contributed by atoms with Crippen molar-refractivity contribution in [3.8, 4) is 16.9 Å². The van der Waals surface area contributed by atoms with Crippen LogP contribution in [0.3, 0.4) is 0 Å². The molecule has 0 radical (unpaired) electrons. The Kier molecular flexibility index (Phi) is 7.86. The maximum absolute atomic E-state index is 15.3. The summed E-state index contributed by atoms with van der Waals surface area (Å²) >= 11 is 0. The molecule has 4 aromatic rings. The maximum atomic E-state index is 15.3. The molecule has 2 heterocycles. The largest absolute Gasteiger partial charge is 0.495 e. The van der Waals surface area contributed by atoms with E-state index in [9.17, 15) is 26.4 Å². The first-order valence-corrected chi connectivity index (χ1v) is 12.8. The number of rotatable bonds is 7. The number of anilines is 3. The van der Waals surface area contributed by atoms with Crippen LogP contribution in [0, 0.1) is 5.82 Å². The van der Waals surface area contributed by atoms with Crippen LogP contribution in [0.2, 0.25) is 0 Å². The van der Waals surface area contributed by atoms with Gasteiger partial charge in [-0.25, -0.2) is 27.5 Å². The van der Waals surface area contributed by atoms with E-state index in [1.807, 2.05) is 0 Å². The summed E-state index contributed by atoms with van der Waals surface area (Å²) in [5.41, 5.74) is -1.37. The summed E-state index contributed by atoms with van der Waals surface area (Å²) in [6.45, 7) is 0. The molecule has 0 aliphatic carbocycles. The van der Waals surface area contributed by atoms with Gasteiger partial charge >= 0.3 is 12.2 Å². The molecule has 0 aliphatic heterocycles. The van der Waals surface area contributed by atoms with Crippen molar-refractivity contribution in [2.24, 2.45) is 0 Å². The number of benzene rings is 2. The van der Waals surface area contributed by atoms with Crippen molar-refractivity contribution >= 4 is 33.4 Å². The molecule has 0 saturated carbocycles. The minimum Gasteiger partial charge on any atom is -0.495 e. The minimum absolute atomic E-state index is 0.0281. The van der Waals surface area contributed by atoms with Gasteiger partial charge in [0.1, 0.15) is 22.3 Å². The summed E-state index contributed by atoms with van der Waals surface area (Å²) in [5, 5.41) is 9.62. The SMILES string of the molecule is CNC(=O)N(c1ccc(S(=O)(=O)Nc2cccnn2)cn1)c1cc(F)c(-c2cccc(C(F)(F)F)c2)cc1OC. The van der Waals surface area contributed by atoms with E-state index in [1.165, 1.54) is 44.6 Å². The Balaban J connectivity index is 1.74. The van der Waals surface area contributed by atoms with Crippen molar-refractivity contribution in [3.63, 3.8) is 0 Å². The van der Waals surface area contributed by atoms with Crippen LogP contribution in [0.5, 0.6) is 5.75 Å². The van der Waals surface area contributed by atoms with Crippen molar-refractivity contribution < 1.29 is 35.5 Å². The van der Waals surface area contributed by atoms with Crippen molar-refractivity contribution in [1.82, 2.24) is 20.5 Å². The topological polar surface area (TPSA) is 126 Å². The third-order valence-electron chi connectivity index (χ3n) is 5.50. The predicted octanol–water partition coefficient (Wildman–Crippen LogP) is 4.98. The zero-order valence-corrected chi connectivity index (χ0v) is 21.6. The minimum atomic E-state index is -4.64. The van der Waals surface area contributed by atoms with Crippen LogP contribution < -0.4 is 19.7 Å². The smallest absolute Gasteiger partial charge is 0.416 e. The molecule has 2 N–H and O–H groups in total. The molecule has 0 aliphatic rings. The third-order valence-corrected chi connectivity index (χ3v) is 6.84. The van der Waals surface area contributed by atoms with Gasteiger partial charge in [0.25, 0.3) is 10.0 Å². The number of nitrogens with one attached hydrogen (secondary N) is 2. The number of sulfonamides is 1. The molecule has 2 aromatic heterocycles. The number of urea groups is 1. The van der Waals surface area contributed by atoms with E-state index in [0.717, 1.165) is 47.5 Å². The van der Waals surface area contributed by atoms with Crippen LogP contribution in [0.15, 0.2) is 78.0 Å². The van der Waals surface area contributed by atoms with E-state index in [1.54, 1.807) is 0 Å². The molecule has 0 saturated heterocycles. The van der Waals surface area contributed by atoms with Crippen molar-refractivity contribution in [2.45, 2.75) is 11.1 Å². The monoisotopic (exact) mass is 576 g/mol. The van der Waals surface area contributed by atoms with E-state index < -0.39 is 33.6 Å². The number of amides is 2. The molecule has 15 heteroatoms. The normalized spacial score (nSPS) is 11.6. The molecule has 4 rings (SSSR count). The maximum Gasteiger partial charge on any atom is 0.416 e. The van der Waals surface area contributed by atoms with Gasteiger partial charge < -0.3 is 10.1 Å². The fraction of sp³-hybridized carbons (Fsp3) is 0.120. The van der Waals surface area contributed by atoms with Gasteiger partial charge in [-0.3, -0.25) is 4.72 Å². The fourth-order valence-corrected chi connectivity index (χ4v) is 4.57. The summed E-state index contributed by atoms with van der Waals surface area (Å²) in [6, 6.07) is 10.6. The van der Waals surface area contributed by atoms with E-state index >= 15 is 4.39 Å². The van der Waals surface area contributed by atoms with Gasteiger partial charge in [-0.1, -0.05) is 12.1 Å². The van der Waals surface area contributed by atoms with Gasteiger partial charge in [0, 0.05) is 31.1 Å². The standard InChI is InChI=1S/C25H20F4N6O4S/c1-30-24(36)35(23-9-8-17(14-31-23)40(37,38)34-22-7-4-10-32-33-22)20-13-19(26)18(12-21(20)39-2)15-5-3-6-16(11-15)25(27,28)29/h3-14H,1-2H3,(H,30,36)(H,33,34). The van der Waals surface area contributed by atoms with Crippen LogP contribution in [-0.4, -0.2) is 43.8 Å². The lowest BCUT2D eigenvalue weighted by molar-refractivity contribution is -0.137. The lowest BCUT2D eigenvalue weighted by Gasteiger charge is -2.24. The Bertz CT molecular complexity index is 1640. The van der Waals surface area contributed by atoms with E-state index in [0.29, 0.717) is 0 Å². The highest BCUT2D eigenvalue weighted by Crippen LogP contribution is 2.40. The van der Waals surface area contributed by atoms with E-state index in [-0.39, 0.29) is 39.1 Å². The summed E-state index contributed by atoms with van der Waals surface area (Å²) in [5.74, 6) is -1.15. The Morgan fingerprint density at radius 3 is 2.42 bits per heavy atom.